The van der Waals surface area contributed by atoms with E-state index in [0.717, 1.165) is 5.56 Å². The molecule has 0 amide bonds. The second-order valence-corrected chi connectivity index (χ2v) is 7.35. The first-order valence-corrected chi connectivity index (χ1v) is 9.42. The van der Waals surface area contributed by atoms with Crippen molar-refractivity contribution < 1.29 is 9.34 Å². The van der Waals surface area contributed by atoms with Crippen molar-refractivity contribution in [3.63, 3.8) is 0 Å². The van der Waals surface area contributed by atoms with Gasteiger partial charge in [-0.15, -0.1) is 0 Å². The van der Waals surface area contributed by atoms with E-state index in [9.17, 15) is 14.9 Å². The molecule has 0 fully saturated rings. The summed E-state index contributed by atoms with van der Waals surface area (Å²) in [5.41, 5.74) is 3.57. The van der Waals surface area contributed by atoms with E-state index in [1.165, 1.54) is 35.7 Å². The molecule has 4 rings (SSSR count). The van der Waals surface area contributed by atoms with Gasteiger partial charge in [-0.25, -0.2) is 9.78 Å². The molecular weight excluding hydrogens is 416 g/mol. The van der Waals surface area contributed by atoms with E-state index in [1.807, 2.05) is 12.1 Å². The van der Waals surface area contributed by atoms with Gasteiger partial charge in [0.05, 0.1) is 21.6 Å². The molecule has 0 saturated heterocycles. The first-order valence-electron chi connectivity index (χ1n) is 8.23. The average molecular weight is 427 g/mol. The molecule has 8 nitrogen and oxygen atoms in total. The van der Waals surface area contributed by atoms with Crippen molar-refractivity contribution in [3.05, 3.63) is 85.8 Å². The molecule has 0 aliphatic rings. The summed E-state index contributed by atoms with van der Waals surface area (Å²) in [5.74, 6) is 0. The number of nitro groups is 1. The number of hydrogen-bond donors (Lipinski definition) is 1. The standard InChI is InChI=1S/C19H11ClN4O4S/c20-13-3-1-11(2-4-13)9-22-23-19-21-10-17(29-19)15-8-12-7-14(24(26)27)5-6-16(12)28-18(15)25/h1-10H,(H,21,23). The summed E-state index contributed by atoms with van der Waals surface area (Å²) in [6, 6.07) is 12.8. The molecule has 29 heavy (non-hydrogen) atoms. The number of anilines is 1. The number of rotatable bonds is 5. The van der Waals surface area contributed by atoms with E-state index in [0.29, 0.717) is 20.4 Å². The normalized spacial score (nSPS) is 11.2. The number of halogens is 1. The zero-order valence-corrected chi connectivity index (χ0v) is 16.1. The van der Waals surface area contributed by atoms with Crippen LogP contribution in [0.15, 0.2) is 69.0 Å². The average Bonchev–Trinajstić information content (AvgIpc) is 3.17. The number of hydrogen-bond acceptors (Lipinski definition) is 8. The zero-order valence-electron chi connectivity index (χ0n) is 14.5. The lowest BCUT2D eigenvalue weighted by molar-refractivity contribution is -0.384. The molecule has 4 aromatic rings. The minimum absolute atomic E-state index is 0.0829. The molecule has 0 saturated carbocycles. The van der Waals surface area contributed by atoms with E-state index in [1.54, 1.807) is 24.4 Å². The minimum atomic E-state index is -0.550. The van der Waals surface area contributed by atoms with Crippen LogP contribution in [-0.2, 0) is 0 Å². The van der Waals surface area contributed by atoms with Gasteiger partial charge in [-0.1, -0.05) is 35.1 Å². The van der Waals surface area contributed by atoms with Crippen molar-refractivity contribution in [1.29, 1.82) is 0 Å². The predicted octanol–water partition coefficient (Wildman–Crippen LogP) is 4.92. The van der Waals surface area contributed by atoms with Gasteiger partial charge in [0.1, 0.15) is 5.58 Å². The summed E-state index contributed by atoms with van der Waals surface area (Å²) in [6.45, 7) is 0. The number of benzene rings is 2. The maximum Gasteiger partial charge on any atom is 0.345 e. The monoisotopic (exact) mass is 426 g/mol. The summed E-state index contributed by atoms with van der Waals surface area (Å²) >= 11 is 7.05. The van der Waals surface area contributed by atoms with E-state index in [-0.39, 0.29) is 16.8 Å². The predicted molar refractivity (Wildman–Crippen MR) is 113 cm³/mol. The van der Waals surface area contributed by atoms with Gasteiger partial charge in [0.25, 0.3) is 5.69 Å². The molecule has 0 aliphatic carbocycles. The molecule has 0 bridgehead atoms. The first-order chi connectivity index (χ1) is 14.0. The molecule has 0 unspecified atom stereocenters. The van der Waals surface area contributed by atoms with Crippen LogP contribution in [0.3, 0.4) is 0 Å². The highest BCUT2D eigenvalue weighted by Gasteiger charge is 2.14. The third-order valence-electron chi connectivity index (χ3n) is 3.94. The Kier molecular flexibility index (Phi) is 5.07. The minimum Gasteiger partial charge on any atom is -0.422 e. The van der Waals surface area contributed by atoms with Crippen LogP contribution in [0, 0.1) is 10.1 Å². The zero-order chi connectivity index (χ0) is 20.4. The highest BCUT2D eigenvalue weighted by molar-refractivity contribution is 7.18. The largest absolute Gasteiger partial charge is 0.422 e. The van der Waals surface area contributed by atoms with Crippen LogP contribution in [0.25, 0.3) is 21.4 Å². The Hall–Kier alpha value is -3.56. The Labute approximate surface area is 172 Å². The number of hydrazone groups is 1. The van der Waals surface area contributed by atoms with Crippen LogP contribution in [-0.4, -0.2) is 16.1 Å². The Balaban J connectivity index is 1.59. The number of nitrogens with zero attached hydrogens (tertiary/aromatic N) is 3. The van der Waals surface area contributed by atoms with Gasteiger partial charge in [0, 0.05) is 28.7 Å². The summed E-state index contributed by atoms with van der Waals surface area (Å²) in [7, 11) is 0. The van der Waals surface area contributed by atoms with E-state index < -0.39 is 10.5 Å². The lowest BCUT2D eigenvalue weighted by Gasteiger charge is -2.00. The molecule has 2 aromatic carbocycles. The van der Waals surface area contributed by atoms with Gasteiger partial charge >= 0.3 is 5.63 Å². The topological polar surface area (TPSA) is 111 Å². The van der Waals surface area contributed by atoms with Crippen molar-refractivity contribution in [2.45, 2.75) is 0 Å². The molecule has 2 heterocycles. The molecule has 0 aliphatic heterocycles. The highest BCUT2D eigenvalue weighted by atomic mass is 35.5. The van der Waals surface area contributed by atoms with E-state index in [2.05, 4.69) is 15.5 Å². The number of nitro benzene ring substituents is 1. The first kappa shape index (κ1) is 18.8. The van der Waals surface area contributed by atoms with E-state index >= 15 is 0 Å². The molecule has 144 valence electrons. The lowest BCUT2D eigenvalue weighted by Crippen LogP contribution is -2.01. The molecule has 0 radical (unpaired) electrons. The fourth-order valence-corrected chi connectivity index (χ4v) is 3.45. The van der Waals surface area contributed by atoms with Crippen LogP contribution in [0.4, 0.5) is 10.8 Å². The van der Waals surface area contributed by atoms with Gasteiger partial charge in [0.15, 0.2) is 0 Å². The summed E-state index contributed by atoms with van der Waals surface area (Å²) in [5, 5.41) is 16.6. The highest BCUT2D eigenvalue weighted by Crippen LogP contribution is 2.29. The Morgan fingerprint density at radius 1 is 1.21 bits per heavy atom. The summed E-state index contributed by atoms with van der Waals surface area (Å²) < 4.78 is 5.28. The smallest absolute Gasteiger partial charge is 0.345 e. The van der Waals surface area contributed by atoms with Crippen molar-refractivity contribution in [2.24, 2.45) is 5.10 Å². The van der Waals surface area contributed by atoms with E-state index in [4.69, 9.17) is 16.0 Å². The van der Waals surface area contributed by atoms with Crippen LogP contribution in [0.5, 0.6) is 0 Å². The Morgan fingerprint density at radius 3 is 2.76 bits per heavy atom. The maximum absolute atomic E-state index is 12.3. The van der Waals surface area contributed by atoms with Crippen LogP contribution < -0.4 is 11.1 Å². The molecule has 1 N–H and O–H groups in total. The molecule has 10 heteroatoms. The van der Waals surface area contributed by atoms with Gasteiger partial charge in [-0.3, -0.25) is 15.5 Å². The number of fused-ring (bicyclic) bond motifs is 1. The number of aromatic nitrogens is 1. The number of thiazole rings is 1. The summed E-state index contributed by atoms with van der Waals surface area (Å²) in [4.78, 5) is 27.5. The van der Waals surface area contributed by atoms with Crippen molar-refractivity contribution in [1.82, 2.24) is 4.98 Å². The van der Waals surface area contributed by atoms with Crippen LogP contribution in [0.2, 0.25) is 5.02 Å². The van der Waals surface area contributed by atoms with Gasteiger partial charge < -0.3 is 4.42 Å². The molecule has 2 aromatic heterocycles. The van der Waals surface area contributed by atoms with Crippen molar-refractivity contribution in [2.75, 3.05) is 5.43 Å². The Morgan fingerprint density at radius 2 is 2.00 bits per heavy atom. The quantitative estimate of drug-likeness (QED) is 0.210. The summed E-state index contributed by atoms with van der Waals surface area (Å²) in [6.07, 6.45) is 3.13. The third kappa shape index (κ3) is 4.15. The number of nitrogens with one attached hydrogen (secondary N) is 1. The lowest BCUT2D eigenvalue weighted by atomic mass is 10.1. The van der Waals surface area contributed by atoms with Crippen LogP contribution >= 0.6 is 22.9 Å². The fraction of sp³-hybridized carbons (Fsp3) is 0. The second kappa shape index (κ2) is 7.82. The van der Waals surface area contributed by atoms with Crippen molar-refractivity contribution >= 4 is 50.9 Å². The molecule has 0 atom stereocenters. The van der Waals surface area contributed by atoms with Crippen LogP contribution in [0.1, 0.15) is 5.56 Å². The van der Waals surface area contributed by atoms with Gasteiger partial charge in [-0.2, -0.15) is 5.10 Å². The van der Waals surface area contributed by atoms with Gasteiger partial charge in [0.2, 0.25) is 5.13 Å². The second-order valence-electron chi connectivity index (χ2n) is 5.88. The molecule has 0 spiro atoms. The number of non-ortho nitro benzene ring substituents is 1. The molecular formula is C19H11ClN4O4S. The Bertz CT molecular complexity index is 1300. The third-order valence-corrected chi connectivity index (χ3v) is 5.13. The van der Waals surface area contributed by atoms with Gasteiger partial charge in [-0.05, 0) is 29.8 Å². The SMILES string of the molecule is O=c1oc2ccc([N+](=O)[O-])cc2cc1-c1cnc(NN=Cc2ccc(Cl)cc2)s1. The maximum atomic E-state index is 12.3. The van der Waals surface area contributed by atoms with Crippen molar-refractivity contribution in [3.8, 4) is 10.4 Å². The fourth-order valence-electron chi connectivity index (χ4n) is 2.56.